The average Bonchev–Trinajstić information content (AvgIpc) is 2.30. The highest BCUT2D eigenvalue weighted by molar-refractivity contribution is 7.87. The van der Waals surface area contributed by atoms with Gasteiger partial charge in [0.2, 0.25) is 0 Å². The molecule has 112 valence electrons. The van der Waals surface area contributed by atoms with Gasteiger partial charge < -0.3 is 9.05 Å². The van der Waals surface area contributed by atoms with Crippen LogP contribution in [0.3, 0.4) is 0 Å². The minimum Gasteiger partial charge on any atom is -0.303 e. The molecular weight excluding hydrogens is 312 g/mol. The van der Waals surface area contributed by atoms with Gasteiger partial charge in [-0.1, -0.05) is 12.2 Å². The lowest BCUT2D eigenvalue weighted by Gasteiger charge is -2.17. The second kappa shape index (κ2) is 7.20. The van der Waals surface area contributed by atoms with E-state index in [2.05, 4.69) is 26.4 Å². The maximum absolute atomic E-state index is 12.0. The van der Waals surface area contributed by atoms with Crippen LogP contribution in [0, 0.1) is 0 Å². The van der Waals surface area contributed by atoms with Crippen molar-refractivity contribution in [3.05, 3.63) is 25.3 Å². The SMILES string of the molecule is C=CCOP(=O)(COS(=O)(=O)C(F)(F)F)OCC=C. The summed E-state index contributed by atoms with van der Waals surface area (Å²) in [5, 5.41) is 0. The van der Waals surface area contributed by atoms with Gasteiger partial charge in [-0.25, -0.2) is 0 Å². The van der Waals surface area contributed by atoms with Gasteiger partial charge in [-0.2, -0.15) is 21.6 Å². The summed E-state index contributed by atoms with van der Waals surface area (Å²) in [7, 11) is -10.0. The zero-order valence-electron chi connectivity index (χ0n) is 9.63. The molecule has 0 bridgehead atoms. The van der Waals surface area contributed by atoms with E-state index in [0.717, 1.165) is 12.2 Å². The highest BCUT2D eigenvalue weighted by Crippen LogP contribution is 2.49. The van der Waals surface area contributed by atoms with Crippen LogP contribution in [0.2, 0.25) is 0 Å². The van der Waals surface area contributed by atoms with Gasteiger partial charge in [0.05, 0.1) is 13.2 Å². The van der Waals surface area contributed by atoms with Crippen molar-refractivity contribution in [1.82, 2.24) is 0 Å². The molecule has 11 heteroatoms. The first-order valence-electron chi connectivity index (χ1n) is 4.63. The molecule has 0 radical (unpaired) electrons. The molecule has 19 heavy (non-hydrogen) atoms. The molecule has 0 aromatic heterocycles. The Morgan fingerprint density at radius 3 is 1.84 bits per heavy atom. The van der Waals surface area contributed by atoms with Crippen LogP contribution in [0.5, 0.6) is 0 Å². The number of halogens is 3. The van der Waals surface area contributed by atoms with E-state index in [1.807, 2.05) is 0 Å². The van der Waals surface area contributed by atoms with E-state index >= 15 is 0 Å². The molecule has 0 aliphatic heterocycles. The fourth-order valence-corrected chi connectivity index (χ4v) is 2.74. The monoisotopic (exact) mass is 324 g/mol. The van der Waals surface area contributed by atoms with E-state index in [1.54, 1.807) is 0 Å². The minimum atomic E-state index is -5.86. The Morgan fingerprint density at radius 2 is 1.53 bits per heavy atom. The summed E-state index contributed by atoms with van der Waals surface area (Å²) in [4.78, 5) is 0. The molecule has 0 saturated carbocycles. The third kappa shape index (κ3) is 6.35. The second-order valence-corrected chi connectivity index (χ2v) is 6.53. The molecule has 0 amide bonds. The van der Waals surface area contributed by atoms with Crippen molar-refractivity contribution >= 4 is 17.7 Å². The van der Waals surface area contributed by atoms with E-state index in [1.165, 1.54) is 0 Å². The summed E-state index contributed by atoms with van der Waals surface area (Å²) in [5.74, 6) is 0. The maximum atomic E-state index is 12.0. The first kappa shape index (κ1) is 18.3. The lowest BCUT2D eigenvalue weighted by Crippen LogP contribution is -2.26. The highest BCUT2D eigenvalue weighted by Gasteiger charge is 2.48. The van der Waals surface area contributed by atoms with Crippen molar-refractivity contribution in [2.75, 3.05) is 19.6 Å². The van der Waals surface area contributed by atoms with Crippen LogP contribution >= 0.6 is 7.60 Å². The van der Waals surface area contributed by atoms with Gasteiger partial charge in [0.25, 0.3) is 0 Å². The molecule has 0 aliphatic carbocycles. The van der Waals surface area contributed by atoms with Gasteiger partial charge in [0, 0.05) is 0 Å². The maximum Gasteiger partial charge on any atom is 0.523 e. The lowest BCUT2D eigenvalue weighted by molar-refractivity contribution is -0.0534. The fraction of sp³-hybridized carbons (Fsp3) is 0.500. The second-order valence-electron chi connectivity index (χ2n) is 2.93. The largest absolute Gasteiger partial charge is 0.523 e. The molecule has 0 heterocycles. The van der Waals surface area contributed by atoms with Crippen LogP contribution in [0.15, 0.2) is 25.3 Å². The normalized spacial score (nSPS) is 13.2. The summed E-state index contributed by atoms with van der Waals surface area (Å²) >= 11 is 0. The smallest absolute Gasteiger partial charge is 0.303 e. The molecule has 0 N–H and O–H groups in total. The third-order valence-electron chi connectivity index (χ3n) is 1.43. The van der Waals surface area contributed by atoms with Gasteiger partial charge >= 0.3 is 23.2 Å². The van der Waals surface area contributed by atoms with Crippen molar-refractivity contribution in [2.45, 2.75) is 5.51 Å². The molecule has 0 spiro atoms. The van der Waals surface area contributed by atoms with Gasteiger partial charge in [0.15, 0.2) is 6.35 Å². The number of hydrogen-bond donors (Lipinski definition) is 0. The van der Waals surface area contributed by atoms with Crippen LogP contribution < -0.4 is 0 Å². The highest BCUT2D eigenvalue weighted by atomic mass is 32.2. The van der Waals surface area contributed by atoms with Crippen LogP contribution in [0.1, 0.15) is 0 Å². The average molecular weight is 324 g/mol. The van der Waals surface area contributed by atoms with Gasteiger partial charge in [-0.15, -0.1) is 13.2 Å². The van der Waals surface area contributed by atoms with Crippen molar-refractivity contribution < 1.29 is 39.4 Å². The molecule has 0 aromatic rings. The van der Waals surface area contributed by atoms with Gasteiger partial charge in [-0.05, 0) is 0 Å². The summed E-state index contributed by atoms with van der Waals surface area (Å²) in [6.45, 7) is 5.83. The zero-order chi connectivity index (χ0) is 15.2. The Labute approximate surface area is 108 Å². The third-order valence-corrected chi connectivity index (χ3v) is 4.13. The Morgan fingerprint density at radius 1 is 1.11 bits per heavy atom. The predicted octanol–water partition coefficient (Wildman–Crippen LogP) is 2.41. The Bertz CT molecular complexity index is 442. The summed E-state index contributed by atoms with van der Waals surface area (Å²) in [5.41, 5.74) is -5.62. The number of alkyl halides is 3. The van der Waals surface area contributed by atoms with Crippen LogP contribution in [0.4, 0.5) is 13.2 Å². The summed E-state index contributed by atoms with van der Waals surface area (Å²) in [6.07, 6.45) is 0.918. The molecule has 0 atom stereocenters. The molecular formula is C8H12F3O6PS. The molecule has 0 aromatic carbocycles. The Kier molecular flexibility index (Phi) is 6.95. The first-order valence-corrected chi connectivity index (χ1v) is 7.77. The van der Waals surface area contributed by atoms with E-state index < -0.39 is 29.6 Å². The Balaban J connectivity index is 4.80. The number of hydrogen-bond acceptors (Lipinski definition) is 6. The van der Waals surface area contributed by atoms with Gasteiger partial charge in [-0.3, -0.25) is 8.75 Å². The standard InChI is InChI=1S/C8H12F3O6PS/c1-3-5-15-18(12,16-6-4-2)7-17-19(13,14)8(9,10)11/h3-4H,1-2,5-7H2. The van der Waals surface area contributed by atoms with Crippen LogP contribution in [0.25, 0.3) is 0 Å². The first-order chi connectivity index (χ1) is 8.58. The van der Waals surface area contributed by atoms with E-state index in [-0.39, 0.29) is 13.2 Å². The molecule has 0 rings (SSSR count). The lowest BCUT2D eigenvalue weighted by atomic mass is 10.7. The topological polar surface area (TPSA) is 78.9 Å². The quantitative estimate of drug-likeness (QED) is 0.280. The summed E-state index contributed by atoms with van der Waals surface area (Å²) < 4.78 is 81.9. The van der Waals surface area contributed by atoms with Crippen molar-refractivity contribution in [2.24, 2.45) is 0 Å². The van der Waals surface area contributed by atoms with Crippen LogP contribution in [-0.4, -0.2) is 33.5 Å². The zero-order valence-corrected chi connectivity index (χ0v) is 11.3. The summed E-state index contributed by atoms with van der Waals surface area (Å²) in [6, 6.07) is 0. The molecule has 0 fully saturated rings. The molecule has 0 unspecified atom stereocenters. The molecule has 0 saturated heterocycles. The van der Waals surface area contributed by atoms with E-state index in [0.29, 0.717) is 0 Å². The molecule has 6 nitrogen and oxygen atoms in total. The van der Waals surface area contributed by atoms with Gasteiger partial charge in [0.1, 0.15) is 0 Å². The molecule has 0 aliphatic rings. The van der Waals surface area contributed by atoms with Crippen molar-refractivity contribution in [1.29, 1.82) is 0 Å². The van der Waals surface area contributed by atoms with E-state index in [9.17, 15) is 26.2 Å². The van der Waals surface area contributed by atoms with Crippen LogP contribution in [-0.2, 0) is 27.9 Å². The fourth-order valence-electron chi connectivity index (χ4n) is 0.645. The number of rotatable bonds is 9. The van der Waals surface area contributed by atoms with E-state index in [4.69, 9.17) is 0 Å². The Hall–Kier alpha value is -0.670. The van der Waals surface area contributed by atoms with Crippen molar-refractivity contribution in [3.63, 3.8) is 0 Å². The predicted molar refractivity (Wildman–Crippen MR) is 60.8 cm³/mol. The van der Waals surface area contributed by atoms with Crippen molar-refractivity contribution in [3.8, 4) is 0 Å². The minimum absolute atomic E-state index is 0.316.